The van der Waals surface area contributed by atoms with E-state index in [0.29, 0.717) is 40.0 Å². The van der Waals surface area contributed by atoms with Crippen LogP contribution in [0.3, 0.4) is 0 Å². The zero-order chi connectivity index (χ0) is 23.1. The number of aromatic nitrogens is 1. The first-order valence-corrected chi connectivity index (χ1v) is 10.0. The van der Waals surface area contributed by atoms with Gasteiger partial charge in [0.25, 0.3) is 11.8 Å². The van der Waals surface area contributed by atoms with Crippen LogP contribution in [0.1, 0.15) is 33.2 Å². The first kappa shape index (κ1) is 22.8. The van der Waals surface area contributed by atoms with E-state index in [1.54, 1.807) is 55.5 Å². The predicted octanol–water partition coefficient (Wildman–Crippen LogP) is 4.61. The summed E-state index contributed by atoms with van der Waals surface area (Å²) in [6.07, 6.45) is 1.42. The number of methoxy groups -OCH3 is 1. The summed E-state index contributed by atoms with van der Waals surface area (Å²) in [6, 6.07) is 14.3. The number of halogens is 1. The number of amides is 2. The Bertz CT molecular complexity index is 1130. The minimum Gasteiger partial charge on any atom is -0.497 e. The molecule has 8 nitrogen and oxygen atoms in total. The maximum absolute atomic E-state index is 12.9. The Morgan fingerprint density at radius 2 is 1.72 bits per heavy atom. The fourth-order valence-electron chi connectivity index (χ4n) is 2.78. The second kappa shape index (κ2) is 10.4. The Hall–Kier alpha value is -3.91. The Balaban J connectivity index is 1.81. The van der Waals surface area contributed by atoms with Crippen molar-refractivity contribution in [3.63, 3.8) is 0 Å². The highest BCUT2D eigenvalue weighted by atomic mass is 35.5. The molecule has 0 bridgehead atoms. The van der Waals surface area contributed by atoms with E-state index in [0.717, 1.165) is 0 Å². The molecular weight excluding hydrogens is 432 g/mol. The predicted molar refractivity (Wildman–Crippen MR) is 123 cm³/mol. The number of pyridine rings is 1. The molecular formula is C23H21ClN4O4. The minimum absolute atomic E-state index is 0.0318. The molecule has 0 aliphatic carbocycles. The van der Waals surface area contributed by atoms with Gasteiger partial charge in [-0.25, -0.2) is 4.98 Å². The molecule has 0 aliphatic rings. The molecule has 0 saturated carbocycles. The quantitative estimate of drug-likeness (QED) is 0.358. The zero-order valence-corrected chi connectivity index (χ0v) is 18.2. The number of carbonyl (C=O) groups excluding carboxylic acids is 2. The molecule has 0 aliphatic heterocycles. The molecule has 3 N–H and O–H groups in total. The van der Waals surface area contributed by atoms with Gasteiger partial charge in [0.1, 0.15) is 11.6 Å². The van der Waals surface area contributed by atoms with Crippen LogP contribution in [-0.4, -0.2) is 36.4 Å². The lowest BCUT2D eigenvalue weighted by molar-refractivity contribution is 0.102. The van der Waals surface area contributed by atoms with Gasteiger partial charge in [-0.3, -0.25) is 15.0 Å². The van der Waals surface area contributed by atoms with Gasteiger partial charge >= 0.3 is 0 Å². The van der Waals surface area contributed by atoms with Gasteiger partial charge < -0.3 is 20.1 Å². The van der Waals surface area contributed by atoms with E-state index in [1.165, 1.54) is 19.4 Å². The van der Waals surface area contributed by atoms with E-state index in [4.69, 9.17) is 26.5 Å². The van der Waals surface area contributed by atoms with E-state index in [1.807, 2.05) is 0 Å². The van der Waals surface area contributed by atoms with E-state index >= 15 is 0 Å². The van der Waals surface area contributed by atoms with Crippen molar-refractivity contribution in [2.75, 3.05) is 24.4 Å². The Morgan fingerprint density at radius 3 is 2.34 bits per heavy atom. The van der Waals surface area contributed by atoms with Crippen LogP contribution in [0.25, 0.3) is 0 Å². The van der Waals surface area contributed by atoms with Crippen LogP contribution >= 0.6 is 11.6 Å². The largest absolute Gasteiger partial charge is 0.497 e. The normalized spacial score (nSPS) is 10.2. The number of carbonyl (C=O) groups is 2. The summed E-state index contributed by atoms with van der Waals surface area (Å²) in [7, 11) is 1.48. The lowest BCUT2D eigenvalue weighted by Gasteiger charge is -2.13. The standard InChI is InChI=1S/C23H21ClN4O4/c1-3-32-21(25)14-4-6-15(7-5-14)22(29)27-19-10-9-17(31-2)12-18(19)23(30)28-20-11-8-16(24)13-26-20/h4-13,25H,3H2,1-2H3,(H,27,29)(H,26,28,30). The average molecular weight is 453 g/mol. The van der Waals surface area contributed by atoms with Gasteiger partial charge in [-0.05, 0) is 61.5 Å². The van der Waals surface area contributed by atoms with Crippen molar-refractivity contribution >= 4 is 40.8 Å². The molecule has 9 heteroatoms. The number of ether oxygens (including phenoxy) is 2. The molecule has 1 heterocycles. The number of nitrogens with zero attached hydrogens (tertiary/aromatic N) is 1. The molecule has 0 spiro atoms. The van der Waals surface area contributed by atoms with Crippen molar-refractivity contribution in [1.29, 1.82) is 5.41 Å². The van der Waals surface area contributed by atoms with Crippen LogP contribution in [0.2, 0.25) is 5.02 Å². The highest BCUT2D eigenvalue weighted by Crippen LogP contribution is 2.24. The summed E-state index contributed by atoms with van der Waals surface area (Å²) in [5, 5.41) is 13.7. The SMILES string of the molecule is CCOC(=N)c1ccc(C(=O)Nc2ccc(OC)cc2C(=O)Nc2ccc(Cl)cn2)cc1. The third-order valence-electron chi connectivity index (χ3n) is 4.39. The summed E-state index contributed by atoms with van der Waals surface area (Å²) in [4.78, 5) is 29.7. The van der Waals surface area contributed by atoms with Gasteiger partial charge in [-0.1, -0.05) is 11.6 Å². The number of nitrogens with one attached hydrogen (secondary N) is 3. The molecule has 0 radical (unpaired) electrons. The number of hydrogen-bond acceptors (Lipinski definition) is 6. The van der Waals surface area contributed by atoms with Crippen molar-refractivity contribution in [2.24, 2.45) is 0 Å². The van der Waals surface area contributed by atoms with E-state index in [-0.39, 0.29) is 11.5 Å². The molecule has 2 amide bonds. The smallest absolute Gasteiger partial charge is 0.259 e. The molecule has 0 saturated heterocycles. The number of hydrogen-bond donors (Lipinski definition) is 3. The molecule has 0 unspecified atom stereocenters. The Morgan fingerprint density at radius 1 is 1.00 bits per heavy atom. The highest BCUT2D eigenvalue weighted by molar-refractivity contribution is 6.30. The highest BCUT2D eigenvalue weighted by Gasteiger charge is 2.17. The molecule has 164 valence electrons. The van der Waals surface area contributed by atoms with Crippen LogP contribution in [0.15, 0.2) is 60.8 Å². The summed E-state index contributed by atoms with van der Waals surface area (Å²) in [5.41, 5.74) is 1.42. The van der Waals surface area contributed by atoms with Gasteiger partial charge in [-0.15, -0.1) is 0 Å². The van der Waals surface area contributed by atoms with Crippen molar-refractivity contribution in [3.8, 4) is 5.75 Å². The van der Waals surface area contributed by atoms with Gasteiger partial charge in [0, 0.05) is 17.3 Å². The summed E-state index contributed by atoms with van der Waals surface area (Å²) in [5.74, 6) is -0.0925. The fraction of sp³-hybridized carbons (Fsp3) is 0.130. The molecule has 3 aromatic rings. The fourth-order valence-corrected chi connectivity index (χ4v) is 2.89. The molecule has 0 fully saturated rings. The summed E-state index contributed by atoms with van der Waals surface area (Å²) >= 11 is 5.83. The Labute approximate surface area is 190 Å². The van der Waals surface area contributed by atoms with Crippen molar-refractivity contribution in [1.82, 2.24) is 4.98 Å². The minimum atomic E-state index is -0.477. The van der Waals surface area contributed by atoms with Crippen molar-refractivity contribution in [2.45, 2.75) is 6.92 Å². The molecule has 32 heavy (non-hydrogen) atoms. The third kappa shape index (κ3) is 5.61. The second-order valence-electron chi connectivity index (χ2n) is 6.52. The van der Waals surface area contributed by atoms with Crippen LogP contribution in [0, 0.1) is 5.41 Å². The van der Waals surface area contributed by atoms with Crippen molar-refractivity contribution < 1.29 is 19.1 Å². The third-order valence-corrected chi connectivity index (χ3v) is 4.61. The monoisotopic (exact) mass is 452 g/mol. The molecule has 2 aromatic carbocycles. The van der Waals surface area contributed by atoms with Gasteiger partial charge in [0.05, 0.1) is 30.0 Å². The zero-order valence-electron chi connectivity index (χ0n) is 17.4. The number of rotatable bonds is 7. The first-order chi connectivity index (χ1) is 15.4. The van der Waals surface area contributed by atoms with E-state index < -0.39 is 11.8 Å². The molecule has 1 aromatic heterocycles. The maximum atomic E-state index is 12.9. The van der Waals surface area contributed by atoms with E-state index in [2.05, 4.69) is 15.6 Å². The molecule has 3 rings (SSSR count). The van der Waals surface area contributed by atoms with E-state index in [9.17, 15) is 9.59 Å². The second-order valence-corrected chi connectivity index (χ2v) is 6.96. The maximum Gasteiger partial charge on any atom is 0.259 e. The number of anilines is 2. The first-order valence-electron chi connectivity index (χ1n) is 9.65. The van der Waals surface area contributed by atoms with Crippen LogP contribution in [0.4, 0.5) is 11.5 Å². The topological polar surface area (TPSA) is 113 Å². The van der Waals surface area contributed by atoms with Crippen LogP contribution < -0.4 is 15.4 Å². The Kier molecular flexibility index (Phi) is 7.41. The average Bonchev–Trinajstić information content (AvgIpc) is 2.81. The lowest BCUT2D eigenvalue weighted by Crippen LogP contribution is -2.19. The van der Waals surface area contributed by atoms with Gasteiger partial charge in [-0.2, -0.15) is 0 Å². The van der Waals surface area contributed by atoms with Crippen LogP contribution in [0.5, 0.6) is 5.75 Å². The van der Waals surface area contributed by atoms with Gasteiger partial charge in [0.2, 0.25) is 5.90 Å². The van der Waals surface area contributed by atoms with Crippen molar-refractivity contribution in [3.05, 3.63) is 82.5 Å². The molecule has 0 atom stereocenters. The van der Waals surface area contributed by atoms with Gasteiger partial charge in [0.15, 0.2) is 0 Å². The number of benzene rings is 2. The van der Waals surface area contributed by atoms with Crippen LogP contribution in [-0.2, 0) is 4.74 Å². The summed E-state index contributed by atoms with van der Waals surface area (Å²) < 4.78 is 10.4. The summed E-state index contributed by atoms with van der Waals surface area (Å²) in [6.45, 7) is 2.18. The lowest BCUT2D eigenvalue weighted by atomic mass is 10.1.